The summed E-state index contributed by atoms with van der Waals surface area (Å²) in [5.41, 5.74) is 1.23. The summed E-state index contributed by atoms with van der Waals surface area (Å²) in [7, 11) is 0. The number of pyridine rings is 1. The van der Waals surface area contributed by atoms with Crippen LogP contribution < -0.4 is 0 Å². The van der Waals surface area contributed by atoms with E-state index in [1.54, 1.807) is 18.3 Å². The Morgan fingerprint density at radius 1 is 1.31 bits per heavy atom. The van der Waals surface area contributed by atoms with Crippen molar-refractivity contribution in [2.24, 2.45) is 0 Å². The van der Waals surface area contributed by atoms with Crippen LogP contribution in [0.25, 0.3) is 22.0 Å². The van der Waals surface area contributed by atoms with Gasteiger partial charge in [-0.1, -0.05) is 0 Å². The van der Waals surface area contributed by atoms with Gasteiger partial charge in [0.05, 0.1) is 9.75 Å². The van der Waals surface area contributed by atoms with Crippen molar-refractivity contribution in [1.29, 1.82) is 0 Å². The number of aldehydes is 1. The Balaban J connectivity index is 2.14. The molecule has 3 aromatic rings. The highest BCUT2D eigenvalue weighted by atomic mass is 32.1. The van der Waals surface area contributed by atoms with Crippen LogP contribution in [0.3, 0.4) is 0 Å². The lowest BCUT2D eigenvalue weighted by molar-refractivity contribution is 0.112. The van der Waals surface area contributed by atoms with Crippen LogP contribution >= 0.6 is 11.3 Å². The number of nitrogens with zero attached hydrogens (tertiary/aromatic N) is 2. The van der Waals surface area contributed by atoms with Gasteiger partial charge in [-0.2, -0.15) is 4.98 Å². The van der Waals surface area contributed by atoms with E-state index in [-0.39, 0.29) is 0 Å². The largest absolute Gasteiger partial charge is 0.434 e. The monoisotopic (exact) mass is 230 g/mol. The molecule has 0 aliphatic heterocycles. The van der Waals surface area contributed by atoms with Crippen molar-refractivity contribution in [2.75, 3.05) is 0 Å². The number of hydrogen-bond donors (Lipinski definition) is 0. The van der Waals surface area contributed by atoms with E-state index >= 15 is 0 Å². The maximum Gasteiger partial charge on any atom is 0.239 e. The highest BCUT2D eigenvalue weighted by molar-refractivity contribution is 7.16. The molecular formula is C11H6N2O2S. The second kappa shape index (κ2) is 3.53. The summed E-state index contributed by atoms with van der Waals surface area (Å²) in [6, 6.07) is 7.17. The fraction of sp³-hybridized carbons (Fsp3) is 0. The normalized spacial score (nSPS) is 10.8. The third kappa shape index (κ3) is 1.42. The molecule has 0 atom stereocenters. The summed E-state index contributed by atoms with van der Waals surface area (Å²) >= 11 is 1.35. The SMILES string of the molecule is O=Cc1ccc(-c2nc3ncccc3o2)s1. The summed E-state index contributed by atoms with van der Waals surface area (Å²) in [5, 5.41) is 0. The number of carbonyl (C=O) groups excluding carboxylic acids is 1. The van der Waals surface area contributed by atoms with E-state index in [0.29, 0.717) is 22.0 Å². The van der Waals surface area contributed by atoms with Crippen LogP contribution in [0.5, 0.6) is 0 Å². The van der Waals surface area contributed by atoms with Gasteiger partial charge in [-0.3, -0.25) is 4.79 Å². The van der Waals surface area contributed by atoms with Gasteiger partial charge in [0.25, 0.3) is 0 Å². The first-order valence-corrected chi connectivity index (χ1v) is 5.45. The van der Waals surface area contributed by atoms with Crippen LogP contribution in [0.1, 0.15) is 9.67 Å². The van der Waals surface area contributed by atoms with E-state index in [1.165, 1.54) is 11.3 Å². The van der Waals surface area contributed by atoms with Gasteiger partial charge in [0.15, 0.2) is 17.5 Å². The number of fused-ring (bicyclic) bond motifs is 1. The lowest BCUT2D eigenvalue weighted by Crippen LogP contribution is -1.73. The molecule has 0 aromatic carbocycles. The Kier molecular flexibility index (Phi) is 2.04. The fourth-order valence-corrected chi connectivity index (χ4v) is 2.15. The molecule has 3 aromatic heterocycles. The zero-order chi connectivity index (χ0) is 11.0. The molecule has 3 rings (SSSR count). The van der Waals surface area contributed by atoms with E-state index < -0.39 is 0 Å². The Morgan fingerprint density at radius 3 is 3.00 bits per heavy atom. The molecule has 78 valence electrons. The first-order chi connectivity index (χ1) is 7.86. The summed E-state index contributed by atoms with van der Waals surface area (Å²) in [6.45, 7) is 0. The van der Waals surface area contributed by atoms with Crippen molar-refractivity contribution in [3.05, 3.63) is 35.3 Å². The van der Waals surface area contributed by atoms with Crippen LogP contribution in [0.15, 0.2) is 34.9 Å². The van der Waals surface area contributed by atoms with E-state index in [4.69, 9.17) is 4.42 Å². The van der Waals surface area contributed by atoms with Gasteiger partial charge in [-0.25, -0.2) is 4.98 Å². The summed E-state index contributed by atoms with van der Waals surface area (Å²) in [6.07, 6.45) is 2.48. The van der Waals surface area contributed by atoms with Gasteiger partial charge in [-0.15, -0.1) is 11.3 Å². The van der Waals surface area contributed by atoms with Crippen LogP contribution in [-0.2, 0) is 0 Å². The molecule has 0 aliphatic carbocycles. The second-order valence-corrected chi connectivity index (χ2v) is 4.28. The van der Waals surface area contributed by atoms with E-state index in [1.807, 2.05) is 12.1 Å². The molecule has 0 unspecified atom stereocenters. The Morgan fingerprint density at radius 2 is 2.25 bits per heavy atom. The molecule has 0 bridgehead atoms. The second-order valence-electron chi connectivity index (χ2n) is 3.16. The maximum absolute atomic E-state index is 10.6. The number of thiophene rings is 1. The average Bonchev–Trinajstić information content (AvgIpc) is 2.95. The van der Waals surface area contributed by atoms with Gasteiger partial charge >= 0.3 is 0 Å². The summed E-state index contributed by atoms with van der Waals surface area (Å²) in [5.74, 6) is 0.506. The topological polar surface area (TPSA) is 56.0 Å². The smallest absolute Gasteiger partial charge is 0.239 e. The fourth-order valence-electron chi connectivity index (χ4n) is 1.41. The molecule has 0 N–H and O–H groups in total. The first-order valence-electron chi connectivity index (χ1n) is 4.64. The summed E-state index contributed by atoms with van der Waals surface area (Å²) in [4.78, 5) is 20.4. The third-order valence-corrected chi connectivity index (χ3v) is 3.12. The molecule has 0 spiro atoms. The Bertz CT molecular complexity index is 624. The minimum atomic E-state index is 0.506. The van der Waals surface area contributed by atoms with Gasteiger partial charge < -0.3 is 4.42 Å². The zero-order valence-corrected chi connectivity index (χ0v) is 8.90. The van der Waals surface area contributed by atoms with E-state index in [9.17, 15) is 4.79 Å². The molecule has 0 saturated carbocycles. The molecule has 0 fully saturated rings. The summed E-state index contributed by atoms with van der Waals surface area (Å²) < 4.78 is 5.53. The van der Waals surface area contributed by atoms with Crippen LogP contribution in [0.2, 0.25) is 0 Å². The van der Waals surface area contributed by atoms with Gasteiger partial charge in [0.1, 0.15) is 0 Å². The van der Waals surface area contributed by atoms with E-state index in [2.05, 4.69) is 9.97 Å². The van der Waals surface area contributed by atoms with Crippen LogP contribution in [-0.4, -0.2) is 16.3 Å². The predicted octanol–water partition coefficient (Wildman–Crippen LogP) is 2.76. The minimum absolute atomic E-state index is 0.506. The van der Waals surface area contributed by atoms with Crippen molar-refractivity contribution in [1.82, 2.24) is 9.97 Å². The van der Waals surface area contributed by atoms with Crippen molar-refractivity contribution in [3.8, 4) is 10.8 Å². The average molecular weight is 230 g/mol. The Labute approximate surface area is 94.6 Å². The third-order valence-electron chi connectivity index (χ3n) is 2.12. The molecule has 16 heavy (non-hydrogen) atoms. The van der Waals surface area contributed by atoms with Crippen molar-refractivity contribution < 1.29 is 9.21 Å². The molecular weight excluding hydrogens is 224 g/mol. The Hall–Kier alpha value is -2.01. The van der Waals surface area contributed by atoms with Crippen molar-refractivity contribution >= 4 is 28.9 Å². The van der Waals surface area contributed by atoms with Crippen molar-refractivity contribution in [3.63, 3.8) is 0 Å². The van der Waals surface area contributed by atoms with Crippen LogP contribution in [0.4, 0.5) is 0 Å². The highest BCUT2D eigenvalue weighted by Crippen LogP contribution is 2.28. The number of hydrogen-bond acceptors (Lipinski definition) is 5. The molecule has 0 radical (unpaired) electrons. The standard InChI is InChI=1S/C11H6N2O2S/c14-6-7-3-4-9(16-7)11-13-10-8(15-11)2-1-5-12-10/h1-6H. The van der Waals surface area contributed by atoms with Gasteiger partial charge in [0, 0.05) is 6.20 Å². The number of aromatic nitrogens is 2. The predicted molar refractivity (Wildman–Crippen MR) is 60.5 cm³/mol. The quantitative estimate of drug-likeness (QED) is 0.635. The number of oxazole rings is 1. The molecule has 0 aliphatic rings. The molecule has 4 nitrogen and oxygen atoms in total. The maximum atomic E-state index is 10.6. The zero-order valence-electron chi connectivity index (χ0n) is 8.08. The van der Waals surface area contributed by atoms with Gasteiger partial charge in [0.2, 0.25) is 5.89 Å². The van der Waals surface area contributed by atoms with Crippen molar-refractivity contribution in [2.45, 2.75) is 0 Å². The van der Waals surface area contributed by atoms with Gasteiger partial charge in [-0.05, 0) is 24.3 Å². The molecule has 0 amide bonds. The lowest BCUT2D eigenvalue weighted by Gasteiger charge is -1.84. The first kappa shape index (κ1) is 9.23. The highest BCUT2D eigenvalue weighted by Gasteiger charge is 2.10. The minimum Gasteiger partial charge on any atom is -0.434 e. The number of carbonyl (C=O) groups is 1. The lowest BCUT2D eigenvalue weighted by atomic mass is 10.4. The number of rotatable bonds is 2. The van der Waals surface area contributed by atoms with E-state index in [0.717, 1.165) is 11.2 Å². The molecule has 5 heteroatoms. The molecule has 0 saturated heterocycles. The molecule has 3 heterocycles. The van der Waals surface area contributed by atoms with Crippen LogP contribution in [0, 0.1) is 0 Å².